The van der Waals surface area contributed by atoms with E-state index in [1.807, 2.05) is 0 Å². The molecular formula is C12H12N4O3S. The van der Waals surface area contributed by atoms with Crippen molar-refractivity contribution in [3.63, 3.8) is 0 Å². The summed E-state index contributed by atoms with van der Waals surface area (Å²) < 4.78 is 4.83. The van der Waals surface area contributed by atoms with Crippen molar-refractivity contribution in [2.45, 2.75) is 13.3 Å². The Morgan fingerprint density at radius 1 is 1.35 bits per heavy atom. The molecule has 1 amide bonds. The monoisotopic (exact) mass is 292 g/mol. The summed E-state index contributed by atoms with van der Waals surface area (Å²) in [5.74, 6) is -0.685. The minimum atomic E-state index is -0.345. The van der Waals surface area contributed by atoms with Crippen molar-refractivity contribution >= 4 is 28.3 Å². The van der Waals surface area contributed by atoms with Gasteiger partial charge in [0.25, 0.3) is 5.91 Å². The topological polar surface area (TPSA) is 94.1 Å². The number of carbonyl (C=O) groups is 2. The van der Waals surface area contributed by atoms with Crippen molar-refractivity contribution in [2.24, 2.45) is 0 Å². The van der Waals surface area contributed by atoms with Crippen LogP contribution in [-0.4, -0.2) is 33.4 Å². The molecule has 2 aromatic rings. The fourth-order valence-electron chi connectivity index (χ4n) is 1.39. The highest BCUT2D eigenvalue weighted by Gasteiger charge is 2.11. The summed E-state index contributed by atoms with van der Waals surface area (Å²) in [6.45, 7) is 2.08. The number of anilines is 1. The normalized spacial score (nSPS) is 10.1. The highest BCUT2D eigenvalue weighted by atomic mass is 32.1. The second-order valence-corrected chi connectivity index (χ2v) is 4.57. The van der Waals surface area contributed by atoms with Crippen LogP contribution in [0.3, 0.4) is 0 Å². The Bertz CT molecular complexity index is 600. The first-order valence-electron chi connectivity index (χ1n) is 5.85. The second-order valence-electron chi connectivity index (χ2n) is 3.71. The number of ether oxygens (including phenoxy) is 1. The van der Waals surface area contributed by atoms with Crippen LogP contribution in [-0.2, 0) is 16.0 Å². The minimum absolute atomic E-state index is 0.0919. The van der Waals surface area contributed by atoms with E-state index in [9.17, 15) is 9.59 Å². The Morgan fingerprint density at radius 2 is 2.10 bits per heavy atom. The number of carbonyl (C=O) groups excluding carboxylic acids is 2. The molecule has 0 fully saturated rings. The van der Waals surface area contributed by atoms with Gasteiger partial charge in [0.2, 0.25) is 0 Å². The second kappa shape index (κ2) is 6.71. The van der Waals surface area contributed by atoms with E-state index in [2.05, 4.69) is 20.3 Å². The van der Waals surface area contributed by atoms with Crippen molar-refractivity contribution in [1.82, 2.24) is 15.0 Å². The summed E-state index contributed by atoms with van der Waals surface area (Å²) in [5, 5.41) is 4.74. The first-order valence-corrected chi connectivity index (χ1v) is 6.73. The number of amides is 1. The predicted octanol–water partition coefficient (Wildman–Crippen LogP) is 1.29. The quantitative estimate of drug-likeness (QED) is 0.834. The fourth-order valence-corrected chi connectivity index (χ4v) is 2.10. The number of aromatic nitrogens is 3. The largest absolute Gasteiger partial charge is 0.466 e. The Balaban J connectivity index is 1.96. The van der Waals surface area contributed by atoms with Gasteiger partial charge in [-0.3, -0.25) is 14.9 Å². The van der Waals surface area contributed by atoms with Gasteiger partial charge in [0, 0.05) is 17.8 Å². The van der Waals surface area contributed by atoms with Gasteiger partial charge >= 0.3 is 5.97 Å². The molecule has 0 atom stereocenters. The summed E-state index contributed by atoms with van der Waals surface area (Å²) >= 11 is 1.24. The van der Waals surface area contributed by atoms with Crippen molar-refractivity contribution < 1.29 is 14.3 Å². The molecule has 0 bridgehead atoms. The molecule has 0 aromatic carbocycles. The lowest BCUT2D eigenvalue weighted by Gasteiger charge is -2.00. The van der Waals surface area contributed by atoms with Gasteiger partial charge in [0.15, 0.2) is 5.13 Å². The first-order chi connectivity index (χ1) is 9.69. The fraction of sp³-hybridized carbons (Fsp3) is 0.250. The Hall–Kier alpha value is -2.35. The predicted molar refractivity (Wildman–Crippen MR) is 72.4 cm³/mol. The number of hydrogen-bond donors (Lipinski definition) is 1. The lowest BCUT2D eigenvalue weighted by molar-refractivity contribution is -0.142. The molecular weight excluding hydrogens is 280 g/mol. The van der Waals surface area contributed by atoms with Gasteiger partial charge in [-0.2, -0.15) is 0 Å². The van der Waals surface area contributed by atoms with E-state index in [1.165, 1.54) is 30.1 Å². The van der Waals surface area contributed by atoms with Gasteiger partial charge in [-0.25, -0.2) is 15.0 Å². The number of rotatable bonds is 5. The molecule has 0 unspecified atom stereocenters. The summed E-state index contributed by atoms with van der Waals surface area (Å²) in [6, 6.07) is 0. The van der Waals surface area contributed by atoms with Crippen LogP contribution in [0, 0.1) is 0 Å². The summed E-state index contributed by atoms with van der Waals surface area (Å²) in [7, 11) is 0. The van der Waals surface area contributed by atoms with E-state index in [-0.39, 0.29) is 18.3 Å². The Kier molecular flexibility index (Phi) is 4.72. The standard InChI is InChI=1S/C12H12N4O3S/c1-2-19-10(17)3-9-6-20-12(15-9)16-11(18)8-4-13-7-14-5-8/h4-7H,2-3H2,1H3,(H,15,16,18). The van der Waals surface area contributed by atoms with Gasteiger partial charge in [0.05, 0.1) is 24.3 Å². The Labute approximate surface area is 119 Å². The molecule has 0 aliphatic carbocycles. The maximum absolute atomic E-state index is 11.8. The summed E-state index contributed by atoms with van der Waals surface area (Å²) in [6.07, 6.45) is 4.26. The van der Waals surface area contributed by atoms with Crippen LogP contribution in [0.15, 0.2) is 24.1 Å². The van der Waals surface area contributed by atoms with E-state index in [1.54, 1.807) is 12.3 Å². The molecule has 0 saturated carbocycles. The highest BCUT2D eigenvalue weighted by Crippen LogP contribution is 2.16. The molecule has 8 heteroatoms. The van der Waals surface area contributed by atoms with Crippen LogP contribution in [0.2, 0.25) is 0 Å². The zero-order valence-corrected chi connectivity index (χ0v) is 11.5. The minimum Gasteiger partial charge on any atom is -0.466 e. The molecule has 104 valence electrons. The van der Waals surface area contributed by atoms with E-state index < -0.39 is 0 Å². The number of thiazole rings is 1. The number of esters is 1. The molecule has 2 rings (SSSR count). The summed E-state index contributed by atoms with van der Waals surface area (Å²) in [4.78, 5) is 34.8. The van der Waals surface area contributed by atoms with E-state index in [0.29, 0.717) is 23.0 Å². The number of hydrogen-bond acceptors (Lipinski definition) is 7. The zero-order chi connectivity index (χ0) is 14.4. The Morgan fingerprint density at radius 3 is 2.80 bits per heavy atom. The molecule has 0 aliphatic heterocycles. The highest BCUT2D eigenvalue weighted by molar-refractivity contribution is 7.14. The molecule has 2 aromatic heterocycles. The third kappa shape index (κ3) is 3.82. The zero-order valence-electron chi connectivity index (χ0n) is 10.7. The molecule has 0 spiro atoms. The lowest BCUT2D eigenvalue weighted by atomic mass is 10.3. The van der Waals surface area contributed by atoms with Crippen molar-refractivity contribution in [3.05, 3.63) is 35.4 Å². The maximum Gasteiger partial charge on any atom is 0.311 e. The first kappa shape index (κ1) is 14.1. The van der Waals surface area contributed by atoms with Crippen LogP contribution in [0.4, 0.5) is 5.13 Å². The molecule has 0 radical (unpaired) electrons. The molecule has 0 aliphatic rings. The molecule has 20 heavy (non-hydrogen) atoms. The lowest BCUT2D eigenvalue weighted by Crippen LogP contribution is -2.12. The average Bonchev–Trinajstić information content (AvgIpc) is 2.87. The maximum atomic E-state index is 11.8. The van der Waals surface area contributed by atoms with E-state index >= 15 is 0 Å². The smallest absolute Gasteiger partial charge is 0.311 e. The van der Waals surface area contributed by atoms with Crippen LogP contribution >= 0.6 is 11.3 Å². The van der Waals surface area contributed by atoms with Crippen molar-refractivity contribution in [2.75, 3.05) is 11.9 Å². The van der Waals surface area contributed by atoms with Gasteiger partial charge in [-0.05, 0) is 6.92 Å². The summed E-state index contributed by atoms with van der Waals surface area (Å²) in [5.41, 5.74) is 0.905. The van der Waals surface area contributed by atoms with Crippen LogP contribution in [0.25, 0.3) is 0 Å². The molecule has 0 saturated heterocycles. The van der Waals surface area contributed by atoms with Crippen molar-refractivity contribution in [1.29, 1.82) is 0 Å². The molecule has 2 heterocycles. The van der Waals surface area contributed by atoms with Crippen molar-refractivity contribution in [3.8, 4) is 0 Å². The number of nitrogens with one attached hydrogen (secondary N) is 1. The van der Waals surface area contributed by atoms with Crippen LogP contribution < -0.4 is 5.32 Å². The van der Waals surface area contributed by atoms with Crippen LogP contribution in [0.1, 0.15) is 23.0 Å². The van der Waals surface area contributed by atoms with E-state index in [0.717, 1.165) is 0 Å². The molecule has 7 nitrogen and oxygen atoms in total. The third-order valence-corrected chi connectivity index (χ3v) is 3.03. The number of nitrogens with zero attached hydrogens (tertiary/aromatic N) is 3. The SMILES string of the molecule is CCOC(=O)Cc1csc(NC(=O)c2cncnc2)n1. The van der Waals surface area contributed by atoms with Gasteiger partial charge in [0.1, 0.15) is 6.33 Å². The third-order valence-electron chi connectivity index (χ3n) is 2.23. The average molecular weight is 292 g/mol. The van der Waals surface area contributed by atoms with Gasteiger partial charge in [-0.15, -0.1) is 11.3 Å². The molecule has 1 N–H and O–H groups in total. The van der Waals surface area contributed by atoms with Crippen LogP contribution in [0.5, 0.6) is 0 Å². The van der Waals surface area contributed by atoms with Gasteiger partial charge < -0.3 is 4.74 Å². The van der Waals surface area contributed by atoms with E-state index in [4.69, 9.17) is 4.74 Å². The van der Waals surface area contributed by atoms with Gasteiger partial charge in [-0.1, -0.05) is 0 Å².